The molecule has 0 heterocycles. The molecule has 2 unspecified atom stereocenters. The standard InChI is InChI=1S/C28H31O10PS/c1-34-27(29)24(18-26(28(30)35-2)38-40(32,33)25-16-10-5-11-17-25)21-39(31,36-19-22-12-6-3-7-13-22)37-20-23-14-8-4-9-15-23/h3-17,24,26H,18-21H2,1-2H3. The lowest BCUT2D eigenvalue weighted by molar-refractivity contribution is -0.152. The first-order chi connectivity index (χ1) is 19.2. The largest absolute Gasteiger partial charge is 0.469 e. The Morgan fingerprint density at radius 1 is 0.725 bits per heavy atom. The summed E-state index contributed by atoms with van der Waals surface area (Å²) < 4.78 is 66.0. The predicted molar refractivity (Wildman–Crippen MR) is 146 cm³/mol. The van der Waals surface area contributed by atoms with E-state index in [1.54, 1.807) is 54.6 Å². The van der Waals surface area contributed by atoms with E-state index in [2.05, 4.69) is 0 Å². The maximum absolute atomic E-state index is 14.0. The molecule has 0 bridgehead atoms. The van der Waals surface area contributed by atoms with E-state index in [4.69, 9.17) is 22.7 Å². The van der Waals surface area contributed by atoms with Crippen molar-refractivity contribution in [3.05, 3.63) is 102 Å². The van der Waals surface area contributed by atoms with E-state index in [-0.39, 0.29) is 18.1 Å². The van der Waals surface area contributed by atoms with Crippen molar-refractivity contribution >= 4 is 29.7 Å². The summed E-state index contributed by atoms with van der Waals surface area (Å²) in [4.78, 5) is 25.2. The van der Waals surface area contributed by atoms with Crippen molar-refractivity contribution in [2.75, 3.05) is 20.4 Å². The second kappa shape index (κ2) is 14.9. The van der Waals surface area contributed by atoms with Crippen molar-refractivity contribution in [1.82, 2.24) is 0 Å². The monoisotopic (exact) mass is 590 g/mol. The molecular formula is C28H31O10PS. The number of benzene rings is 3. The van der Waals surface area contributed by atoms with Crippen LogP contribution in [0, 0.1) is 5.92 Å². The summed E-state index contributed by atoms with van der Waals surface area (Å²) in [6.45, 7) is -0.166. The lowest BCUT2D eigenvalue weighted by Crippen LogP contribution is -2.34. The van der Waals surface area contributed by atoms with Crippen molar-refractivity contribution in [1.29, 1.82) is 0 Å². The molecule has 3 aromatic carbocycles. The Hall–Kier alpha value is -3.34. The van der Waals surface area contributed by atoms with Crippen LogP contribution in [0.2, 0.25) is 0 Å². The van der Waals surface area contributed by atoms with E-state index in [1.807, 2.05) is 12.1 Å². The predicted octanol–water partition coefficient (Wildman–Crippen LogP) is 4.74. The van der Waals surface area contributed by atoms with Gasteiger partial charge in [0.1, 0.15) is 0 Å². The van der Waals surface area contributed by atoms with Crippen LogP contribution in [0.5, 0.6) is 0 Å². The summed E-state index contributed by atoms with van der Waals surface area (Å²) in [5.74, 6) is -3.21. The minimum absolute atomic E-state index is 0.0832. The van der Waals surface area contributed by atoms with Crippen LogP contribution < -0.4 is 0 Å². The summed E-state index contributed by atoms with van der Waals surface area (Å²) in [6, 6.07) is 25.1. The third-order valence-corrected chi connectivity index (χ3v) is 9.03. The van der Waals surface area contributed by atoms with Crippen LogP contribution in [0.1, 0.15) is 17.5 Å². The van der Waals surface area contributed by atoms with E-state index in [0.717, 1.165) is 14.2 Å². The SMILES string of the molecule is COC(=O)C(CC(OS(=O)(=O)c1ccccc1)C(=O)OC)CP(=O)(OCc1ccccc1)OCc1ccccc1. The molecule has 0 aliphatic carbocycles. The zero-order valence-corrected chi connectivity index (χ0v) is 23.8. The fourth-order valence-corrected chi connectivity index (χ4v) is 6.56. The van der Waals surface area contributed by atoms with Crippen molar-refractivity contribution in [2.24, 2.45) is 5.92 Å². The van der Waals surface area contributed by atoms with Crippen LogP contribution in [-0.2, 0) is 60.2 Å². The van der Waals surface area contributed by atoms with E-state index >= 15 is 0 Å². The van der Waals surface area contributed by atoms with E-state index in [1.165, 1.54) is 24.3 Å². The summed E-state index contributed by atoms with van der Waals surface area (Å²) in [6.07, 6.45) is -2.78. The molecule has 2 atom stereocenters. The van der Waals surface area contributed by atoms with Crippen LogP contribution in [0.25, 0.3) is 0 Å². The highest BCUT2D eigenvalue weighted by molar-refractivity contribution is 7.86. The number of hydrogen-bond acceptors (Lipinski definition) is 10. The molecule has 0 N–H and O–H groups in total. The molecule has 3 rings (SSSR count). The molecule has 12 heteroatoms. The number of carbonyl (C=O) groups excluding carboxylic acids is 2. The Kier molecular flexibility index (Phi) is 11.6. The Morgan fingerprint density at radius 2 is 1.18 bits per heavy atom. The van der Waals surface area contributed by atoms with Gasteiger partial charge < -0.3 is 18.5 Å². The number of carbonyl (C=O) groups is 2. The highest BCUT2D eigenvalue weighted by atomic mass is 32.2. The third-order valence-electron chi connectivity index (χ3n) is 5.76. The van der Waals surface area contributed by atoms with Gasteiger partial charge in [-0.2, -0.15) is 8.42 Å². The molecule has 0 amide bonds. The van der Waals surface area contributed by atoms with Gasteiger partial charge >= 0.3 is 19.5 Å². The minimum Gasteiger partial charge on any atom is -0.469 e. The maximum atomic E-state index is 14.0. The van der Waals surface area contributed by atoms with Crippen molar-refractivity contribution < 1.29 is 45.3 Å². The Labute approximate surface area is 233 Å². The van der Waals surface area contributed by atoms with Gasteiger partial charge in [0, 0.05) is 0 Å². The molecule has 0 spiro atoms. The Bertz CT molecular complexity index is 1330. The normalized spacial score (nSPS) is 13.2. The molecule has 0 radical (unpaired) electrons. The fraction of sp³-hybridized carbons (Fsp3) is 0.286. The minimum atomic E-state index is -4.41. The van der Waals surface area contributed by atoms with Crippen LogP contribution in [0.3, 0.4) is 0 Å². The zero-order valence-electron chi connectivity index (χ0n) is 22.1. The molecule has 0 aliphatic heterocycles. The molecule has 0 saturated carbocycles. The molecule has 0 aliphatic rings. The smallest absolute Gasteiger partial charge is 0.336 e. The maximum Gasteiger partial charge on any atom is 0.336 e. The van der Waals surface area contributed by atoms with Gasteiger partial charge in [-0.05, 0) is 29.7 Å². The number of ether oxygens (including phenoxy) is 2. The molecule has 40 heavy (non-hydrogen) atoms. The van der Waals surface area contributed by atoms with Crippen LogP contribution in [-0.4, -0.2) is 46.8 Å². The number of rotatable bonds is 15. The molecule has 0 aromatic heterocycles. The van der Waals surface area contributed by atoms with Crippen molar-refractivity contribution in [3.63, 3.8) is 0 Å². The average molecular weight is 591 g/mol. The van der Waals surface area contributed by atoms with E-state index in [0.29, 0.717) is 11.1 Å². The number of esters is 2. The molecular weight excluding hydrogens is 559 g/mol. The first-order valence-electron chi connectivity index (χ1n) is 12.3. The van der Waals surface area contributed by atoms with Gasteiger partial charge in [-0.1, -0.05) is 78.9 Å². The van der Waals surface area contributed by atoms with Gasteiger partial charge in [0.05, 0.1) is 44.4 Å². The van der Waals surface area contributed by atoms with Gasteiger partial charge in [-0.25, -0.2) is 4.79 Å². The average Bonchev–Trinajstić information content (AvgIpc) is 2.99. The number of methoxy groups -OCH3 is 2. The van der Waals surface area contributed by atoms with Crippen molar-refractivity contribution in [3.8, 4) is 0 Å². The van der Waals surface area contributed by atoms with Gasteiger partial charge in [0.25, 0.3) is 10.1 Å². The summed E-state index contributed by atoms with van der Waals surface area (Å²) >= 11 is 0. The summed E-state index contributed by atoms with van der Waals surface area (Å²) in [7, 11) is -6.28. The molecule has 214 valence electrons. The molecule has 10 nitrogen and oxygen atoms in total. The van der Waals surface area contributed by atoms with Gasteiger partial charge in [-0.15, -0.1) is 0 Å². The van der Waals surface area contributed by atoms with Crippen LogP contribution >= 0.6 is 7.60 Å². The third kappa shape index (κ3) is 9.39. The first-order valence-corrected chi connectivity index (χ1v) is 15.4. The molecule has 0 fully saturated rings. The lowest BCUT2D eigenvalue weighted by Gasteiger charge is -2.25. The van der Waals surface area contributed by atoms with E-state index < -0.39 is 54.3 Å². The van der Waals surface area contributed by atoms with E-state index in [9.17, 15) is 22.6 Å². The van der Waals surface area contributed by atoms with Crippen LogP contribution in [0.4, 0.5) is 0 Å². The van der Waals surface area contributed by atoms with Crippen LogP contribution in [0.15, 0.2) is 95.9 Å². The molecule has 0 saturated heterocycles. The quantitative estimate of drug-likeness (QED) is 0.139. The fourth-order valence-electron chi connectivity index (χ4n) is 3.68. The topological polar surface area (TPSA) is 132 Å². The highest BCUT2D eigenvalue weighted by Crippen LogP contribution is 2.52. The van der Waals surface area contributed by atoms with Gasteiger partial charge in [-0.3, -0.25) is 13.5 Å². The zero-order chi connectivity index (χ0) is 29.0. The second-order valence-corrected chi connectivity index (χ2v) is 12.3. The first kappa shape index (κ1) is 31.2. The Morgan fingerprint density at radius 3 is 1.62 bits per heavy atom. The second-order valence-electron chi connectivity index (χ2n) is 8.64. The lowest BCUT2D eigenvalue weighted by atomic mass is 10.0. The van der Waals surface area contributed by atoms with Gasteiger partial charge in [0.2, 0.25) is 0 Å². The van der Waals surface area contributed by atoms with Gasteiger partial charge in [0.15, 0.2) is 6.10 Å². The Balaban J connectivity index is 1.86. The summed E-state index contributed by atoms with van der Waals surface area (Å²) in [5, 5.41) is 0. The highest BCUT2D eigenvalue weighted by Gasteiger charge is 2.39. The summed E-state index contributed by atoms with van der Waals surface area (Å²) in [5.41, 5.74) is 1.43. The molecule has 3 aromatic rings. The van der Waals surface area contributed by atoms with Crippen molar-refractivity contribution in [2.45, 2.75) is 30.6 Å². The number of hydrogen-bond donors (Lipinski definition) is 0.